The molecule has 1 aliphatic rings. The molecule has 1 aromatic heterocycles. The lowest BCUT2D eigenvalue weighted by Crippen LogP contribution is -2.41. The fourth-order valence-corrected chi connectivity index (χ4v) is 3.87. The third-order valence-corrected chi connectivity index (χ3v) is 5.43. The number of allylic oxidation sites excluding steroid dienone is 1. The Labute approximate surface area is 185 Å². The number of methoxy groups -OCH3 is 2. The van der Waals surface area contributed by atoms with Crippen molar-refractivity contribution in [3.05, 3.63) is 83.8 Å². The highest BCUT2D eigenvalue weighted by atomic mass is 16.5. The average molecular weight is 433 g/mol. The van der Waals surface area contributed by atoms with Crippen LogP contribution >= 0.6 is 0 Å². The number of para-hydroxylation sites is 1. The van der Waals surface area contributed by atoms with Crippen LogP contribution in [0.5, 0.6) is 11.5 Å². The Bertz CT molecular complexity index is 1170. The number of hydrogen-bond donors (Lipinski definition) is 1. The van der Waals surface area contributed by atoms with E-state index < -0.39 is 11.5 Å². The zero-order valence-electron chi connectivity index (χ0n) is 17.8. The minimum Gasteiger partial charge on any atom is -0.493 e. The highest BCUT2D eigenvalue weighted by Crippen LogP contribution is 2.43. The van der Waals surface area contributed by atoms with Crippen LogP contribution in [0.3, 0.4) is 0 Å². The molecular weight excluding hydrogens is 410 g/mol. The van der Waals surface area contributed by atoms with Crippen LogP contribution in [0.25, 0.3) is 6.08 Å². The van der Waals surface area contributed by atoms with Gasteiger partial charge in [0.25, 0.3) is 5.91 Å². The van der Waals surface area contributed by atoms with E-state index in [4.69, 9.17) is 13.9 Å². The summed E-state index contributed by atoms with van der Waals surface area (Å²) in [4.78, 5) is 27.4. The van der Waals surface area contributed by atoms with E-state index >= 15 is 0 Å². The maximum atomic E-state index is 13.4. The molecule has 0 radical (unpaired) electrons. The summed E-state index contributed by atoms with van der Waals surface area (Å²) in [6.07, 6.45) is 3.95. The molecule has 32 heavy (non-hydrogen) atoms. The minimum absolute atomic E-state index is 0.203. The molecule has 3 aromatic rings. The fourth-order valence-electron chi connectivity index (χ4n) is 3.87. The number of furan rings is 1. The van der Waals surface area contributed by atoms with E-state index in [9.17, 15) is 14.7 Å². The first-order valence-corrected chi connectivity index (χ1v) is 10.1. The van der Waals surface area contributed by atoms with Crippen molar-refractivity contribution in [1.82, 2.24) is 0 Å². The molecule has 1 aliphatic heterocycles. The minimum atomic E-state index is -1.95. The summed E-state index contributed by atoms with van der Waals surface area (Å²) >= 11 is 0. The number of rotatable bonds is 8. The Hall–Kier alpha value is -3.84. The predicted molar refractivity (Wildman–Crippen MR) is 118 cm³/mol. The summed E-state index contributed by atoms with van der Waals surface area (Å²) in [5, 5.41) is 11.4. The molecule has 2 aromatic carbocycles. The van der Waals surface area contributed by atoms with Gasteiger partial charge >= 0.3 is 0 Å². The van der Waals surface area contributed by atoms with Crippen LogP contribution in [0, 0.1) is 0 Å². The second kappa shape index (κ2) is 8.72. The van der Waals surface area contributed by atoms with Crippen LogP contribution in [-0.2, 0) is 21.7 Å². The van der Waals surface area contributed by atoms with Gasteiger partial charge in [0.05, 0.1) is 39.1 Å². The number of ketones is 1. The lowest BCUT2D eigenvalue weighted by atomic mass is 9.90. The number of amides is 1. The monoisotopic (exact) mass is 433 g/mol. The Kier molecular flexibility index (Phi) is 5.83. The van der Waals surface area contributed by atoms with Gasteiger partial charge in [0.15, 0.2) is 22.9 Å². The van der Waals surface area contributed by atoms with Crippen molar-refractivity contribution in [2.75, 3.05) is 19.1 Å². The Morgan fingerprint density at radius 2 is 1.88 bits per heavy atom. The first-order valence-electron chi connectivity index (χ1n) is 10.1. The van der Waals surface area contributed by atoms with Crippen LogP contribution in [0.4, 0.5) is 5.69 Å². The van der Waals surface area contributed by atoms with Gasteiger partial charge in [0.1, 0.15) is 5.76 Å². The summed E-state index contributed by atoms with van der Waals surface area (Å²) in [6, 6.07) is 15.7. The van der Waals surface area contributed by atoms with Crippen molar-refractivity contribution in [3.63, 3.8) is 0 Å². The standard InChI is InChI=1S/C25H23NO6/c1-30-22-12-9-17(14-23(22)31-2)16-26-21-8-4-3-7-20(21)25(29,24(26)28)15-18(27)10-11-19-6-5-13-32-19/h3-14,29H,15-16H2,1-2H3/b11-10+/t25-/m0/s1. The third kappa shape index (κ3) is 3.90. The summed E-state index contributed by atoms with van der Waals surface area (Å²) in [6.45, 7) is 0.203. The summed E-state index contributed by atoms with van der Waals surface area (Å²) in [5.41, 5.74) is -0.181. The van der Waals surface area contributed by atoms with Crippen LogP contribution in [0.1, 0.15) is 23.3 Å². The first-order chi connectivity index (χ1) is 15.5. The number of carbonyl (C=O) groups is 2. The molecule has 0 fully saturated rings. The van der Waals surface area contributed by atoms with Gasteiger partial charge in [-0.05, 0) is 48.0 Å². The molecule has 1 atom stereocenters. The second-order valence-electron chi connectivity index (χ2n) is 7.45. The number of aliphatic hydroxyl groups is 1. The molecule has 164 valence electrons. The molecule has 4 rings (SSSR count). The third-order valence-electron chi connectivity index (χ3n) is 5.43. The van der Waals surface area contributed by atoms with E-state index in [1.54, 1.807) is 62.8 Å². The van der Waals surface area contributed by atoms with Gasteiger partial charge in [0.2, 0.25) is 0 Å². The second-order valence-corrected chi connectivity index (χ2v) is 7.45. The lowest BCUT2D eigenvalue weighted by molar-refractivity contribution is -0.140. The van der Waals surface area contributed by atoms with E-state index in [0.29, 0.717) is 28.5 Å². The van der Waals surface area contributed by atoms with Gasteiger partial charge in [-0.3, -0.25) is 9.59 Å². The number of ether oxygens (including phenoxy) is 2. The molecule has 0 spiro atoms. The van der Waals surface area contributed by atoms with Gasteiger partial charge < -0.3 is 23.9 Å². The molecule has 1 amide bonds. The van der Waals surface area contributed by atoms with Gasteiger partial charge in [0, 0.05) is 5.56 Å². The zero-order valence-corrected chi connectivity index (χ0v) is 17.8. The quantitative estimate of drug-likeness (QED) is 0.545. The molecule has 2 heterocycles. The van der Waals surface area contributed by atoms with Crippen molar-refractivity contribution in [2.45, 2.75) is 18.6 Å². The highest BCUT2D eigenvalue weighted by Gasteiger charge is 2.50. The molecule has 0 unspecified atom stereocenters. The van der Waals surface area contributed by atoms with E-state index in [0.717, 1.165) is 5.56 Å². The topological polar surface area (TPSA) is 89.2 Å². The number of benzene rings is 2. The predicted octanol–water partition coefficient (Wildman–Crippen LogP) is 3.70. The maximum absolute atomic E-state index is 13.4. The molecule has 0 bridgehead atoms. The molecule has 7 heteroatoms. The fraction of sp³-hybridized carbons (Fsp3) is 0.200. The van der Waals surface area contributed by atoms with E-state index in [1.165, 1.54) is 23.3 Å². The van der Waals surface area contributed by atoms with Crippen LogP contribution in [0.15, 0.2) is 71.4 Å². The van der Waals surface area contributed by atoms with Crippen LogP contribution in [0.2, 0.25) is 0 Å². The number of hydrogen-bond acceptors (Lipinski definition) is 6. The maximum Gasteiger partial charge on any atom is 0.264 e. The number of nitrogens with zero attached hydrogens (tertiary/aromatic N) is 1. The zero-order chi connectivity index (χ0) is 22.7. The van der Waals surface area contributed by atoms with Gasteiger partial charge in [-0.2, -0.15) is 0 Å². The van der Waals surface area contributed by atoms with Crippen molar-refractivity contribution >= 4 is 23.5 Å². The number of fused-ring (bicyclic) bond motifs is 1. The van der Waals surface area contributed by atoms with Crippen molar-refractivity contribution < 1.29 is 28.6 Å². The first kappa shape index (κ1) is 21.4. The summed E-state index contributed by atoms with van der Waals surface area (Å²) in [7, 11) is 3.09. The molecule has 1 N–H and O–H groups in total. The summed E-state index contributed by atoms with van der Waals surface area (Å²) in [5.74, 6) is 0.695. The largest absolute Gasteiger partial charge is 0.493 e. The Balaban J connectivity index is 1.61. The van der Waals surface area contributed by atoms with Gasteiger partial charge in [-0.15, -0.1) is 0 Å². The van der Waals surface area contributed by atoms with E-state index in [-0.39, 0.29) is 18.7 Å². The lowest BCUT2D eigenvalue weighted by Gasteiger charge is -2.22. The molecule has 7 nitrogen and oxygen atoms in total. The van der Waals surface area contributed by atoms with Crippen molar-refractivity contribution in [2.24, 2.45) is 0 Å². The van der Waals surface area contributed by atoms with Crippen molar-refractivity contribution in [3.8, 4) is 11.5 Å². The smallest absolute Gasteiger partial charge is 0.264 e. The van der Waals surface area contributed by atoms with Gasteiger partial charge in [-0.25, -0.2) is 0 Å². The summed E-state index contributed by atoms with van der Waals surface area (Å²) < 4.78 is 15.8. The average Bonchev–Trinajstić information content (AvgIpc) is 3.40. The van der Waals surface area contributed by atoms with Crippen LogP contribution < -0.4 is 14.4 Å². The Morgan fingerprint density at radius 1 is 1.09 bits per heavy atom. The van der Waals surface area contributed by atoms with Crippen molar-refractivity contribution in [1.29, 1.82) is 0 Å². The SMILES string of the molecule is COc1ccc(CN2C(=O)[C@](O)(CC(=O)/C=C/c3ccco3)c3ccccc32)cc1OC. The normalized spacial score (nSPS) is 17.6. The molecule has 0 saturated carbocycles. The Morgan fingerprint density at radius 3 is 2.59 bits per heavy atom. The van der Waals surface area contributed by atoms with Crippen LogP contribution in [-0.4, -0.2) is 31.0 Å². The van der Waals surface area contributed by atoms with E-state index in [2.05, 4.69) is 0 Å². The molecular formula is C25H23NO6. The van der Waals surface area contributed by atoms with E-state index in [1.807, 2.05) is 6.07 Å². The number of carbonyl (C=O) groups excluding carboxylic acids is 2. The molecule has 0 saturated heterocycles. The number of anilines is 1. The van der Waals surface area contributed by atoms with Gasteiger partial charge in [-0.1, -0.05) is 24.3 Å². The molecule has 0 aliphatic carbocycles. The highest BCUT2D eigenvalue weighted by molar-refractivity contribution is 6.10.